The van der Waals surface area contributed by atoms with E-state index in [4.69, 9.17) is 19.9 Å². The van der Waals surface area contributed by atoms with Gasteiger partial charge in [-0.1, -0.05) is 127 Å². The Balaban J connectivity index is 0.969. The van der Waals surface area contributed by atoms with Gasteiger partial charge in [-0.3, -0.25) is 19.9 Å². The molecule has 11 aromatic rings. The van der Waals surface area contributed by atoms with Crippen molar-refractivity contribution >= 4 is 65.2 Å². The third-order valence-corrected chi connectivity index (χ3v) is 10.8. The summed E-state index contributed by atoms with van der Waals surface area (Å²) in [5, 5.41) is 9.24. The molecule has 0 bridgehead atoms. The molecule has 0 spiro atoms. The molecule has 4 heteroatoms. The lowest BCUT2D eigenvalue weighted by Crippen LogP contribution is -1.89. The third kappa shape index (κ3) is 4.85. The van der Waals surface area contributed by atoms with E-state index >= 15 is 0 Å². The molecule has 0 radical (unpaired) electrons. The summed E-state index contributed by atoms with van der Waals surface area (Å²) in [6.45, 7) is 0. The summed E-state index contributed by atoms with van der Waals surface area (Å²) in [5.41, 5.74) is 13.0. The summed E-state index contributed by atoms with van der Waals surface area (Å²) >= 11 is 0. The maximum Gasteiger partial charge on any atom is 0.0971 e. The van der Waals surface area contributed by atoms with Gasteiger partial charge < -0.3 is 0 Å². The molecule has 0 N–H and O–H groups in total. The molecule has 11 rings (SSSR count). The molecule has 4 nitrogen and oxygen atoms in total. The van der Waals surface area contributed by atoms with Crippen molar-refractivity contribution in [2.45, 2.75) is 0 Å². The minimum Gasteiger partial charge on any atom is -0.252 e. The molecule has 9 aromatic carbocycles. The summed E-state index contributed by atoms with van der Waals surface area (Å²) in [4.78, 5) is 19.1. The van der Waals surface area contributed by atoms with Crippen LogP contribution < -0.4 is 0 Å². The van der Waals surface area contributed by atoms with Crippen LogP contribution in [0.15, 0.2) is 183 Å². The molecule has 54 heavy (non-hydrogen) atoms. The van der Waals surface area contributed by atoms with Crippen molar-refractivity contribution in [3.63, 3.8) is 0 Å². The highest BCUT2D eigenvalue weighted by molar-refractivity contribution is 6.24. The van der Waals surface area contributed by atoms with E-state index in [0.29, 0.717) is 0 Å². The molecule has 0 amide bonds. The first-order chi connectivity index (χ1) is 26.8. The van der Waals surface area contributed by atoms with Crippen LogP contribution in [0.4, 0.5) is 0 Å². The van der Waals surface area contributed by atoms with Gasteiger partial charge in [0.05, 0.1) is 22.1 Å². The maximum absolute atomic E-state index is 4.79. The fraction of sp³-hybridized carbons (Fsp3) is 0. The predicted molar refractivity (Wildman–Crippen MR) is 224 cm³/mol. The van der Waals surface area contributed by atoms with Crippen LogP contribution in [0.3, 0.4) is 0 Å². The molecule has 0 aliphatic heterocycles. The average Bonchev–Trinajstić information content (AvgIpc) is 3.26. The van der Waals surface area contributed by atoms with Crippen LogP contribution in [0.1, 0.15) is 0 Å². The molecule has 0 aliphatic carbocycles. The Morgan fingerprint density at radius 1 is 0.204 bits per heavy atom. The third-order valence-electron chi connectivity index (χ3n) is 10.8. The number of aromatic nitrogens is 4. The second-order valence-corrected chi connectivity index (χ2v) is 13.9. The molecule has 0 unspecified atom stereocenters. The first-order valence-corrected chi connectivity index (χ1v) is 18.2. The minimum atomic E-state index is 0.929. The SMILES string of the molecule is c1cc(-c2cccc(-c3ccc4c5ccccc5c5nccnc5c4c3)c2)cc(-c2cccc(-c3ccc4c5ccccc5c5nccnc5c4c3)c2)c1. The van der Waals surface area contributed by atoms with E-state index < -0.39 is 0 Å². The lowest BCUT2D eigenvalue weighted by Gasteiger charge is -2.12. The Morgan fingerprint density at radius 3 is 0.833 bits per heavy atom. The summed E-state index contributed by atoms with van der Waals surface area (Å²) in [7, 11) is 0. The zero-order chi connectivity index (χ0) is 35.6. The molecular formula is C50H30N4. The summed E-state index contributed by atoms with van der Waals surface area (Å²) in [6.07, 6.45) is 7.13. The van der Waals surface area contributed by atoms with Crippen molar-refractivity contribution in [1.29, 1.82) is 0 Å². The largest absolute Gasteiger partial charge is 0.252 e. The first kappa shape index (κ1) is 30.3. The number of hydrogen-bond donors (Lipinski definition) is 0. The van der Waals surface area contributed by atoms with E-state index in [2.05, 4.69) is 158 Å². The average molecular weight is 687 g/mol. The van der Waals surface area contributed by atoms with Gasteiger partial charge >= 0.3 is 0 Å². The zero-order valence-corrected chi connectivity index (χ0v) is 29.1. The zero-order valence-electron chi connectivity index (χ0n) is 29.1. The smallest absolute Gasteiger partial charge is 0.0971 e. The summed E-state index contributed by atoms with van der Waals surface area (Å²) in [6, 6.07) is 56.9. The second-order valence-electron chi connectivity index (χ2n) is 13.9. The van der Waals surface area contributed by atoms with Gasteiger partial charge in [-0.15, -0.1) is 0 Å². The van der Waals surface area contributed by atoms with Crippen LogP contribution in [-0.4, -0.2) is 19.9 Å². The fourth-order valence-corrected chi connectivity index (χ4v) is 8.26. The van der Waals surface area contributed by atoms with Gasteiger partial charge in [0.25, 0.3) is 0 Å². The molecule has 250 valence electrons. The van der Waals surface area contributed by atoms with Crippen LogP contribution in [0.5, 0.6) is 0 Å². The van der Waals surface area contributed by atoms with E-state index in [-0.39, 0.29) is 0 Å². The number of fused-ring (bicyclic) bond motifs is 12. The molecule has 0 atom stereocenters. The quantitative estimate of drug-likeness (QED) is 0.173. The van der Waals surface area contributed by atoms with Crippen LogP contribution in [0.2, 0.25) is 0 Å². The minimum absolute atomic E-state index is 0.929. The van der Waals surface area contributed by atoms with Crippen molar-refractivity contribution in [3.8, 4) is 44.5 Å². The Labute approximate surface area is 311 Å². The van der Waals surface area contributed by atoms with Crippen molar-refractivity contribution < 1.29 is 0 Å². The molecule has 2 aromatic heterocycles. The van der Waals surface area contributed by atoms with Gasteiger partial charge in [-0.25, -0.2) is 0 Å². The van der Waals surface area contributed by atoms with Crippen molar-refractivity contribution in [3.05, 3.63) is 183 Å². The van der Waals surface area contributed by atoms with E-state index in [0.717, 1.165) is 65.9 Å². The van der Waals surface area contributed by atoms with Crippen LogP contribution >= 0.6 is 0 Å². The lowest BCUT2D eigenvalue weighted by molar-refractivity contribution is 1.31. The van der Waals surface area contributed by atoms with Gasteiger partial charge in [0.15, 0.2) is 0 Å². The number of hydrogen-bond acceptors (Lipinski definition) is 4. The second kappa shape index (κ2) is 12.1. The predicted octanol–water partition coefficient (Wildman–Crippen LogP) is 12.9. The highest BCUT2D eigenvalue weighted by Gasteiger charge is 2.14. The van der Waals surface area contributed by atoms with E-state index in [1.165, 1.54) is 43.8 Å². The Morgan fingerprint density at radius 2 is 0.481 bits per heavy atom. The lowest BCUT2D eigenvalue weighted by atomic mass is 9.92. The topological polar surface area (TPSA) is 51.6 Å². The van der Waals surface area contributed by atoms with Gasteiger partial charge in [-0.05, 0) is 96.4 Å². The van der Waals surface area contributed by atoms with Gasteiger partial charge in [0.2, 0.25) is 0 Å². The summed E-state index contributed by atoms with van der Waals surface area (Å²) < 4.78 is 0. The van der Waals surface area contributed by atoms with E-state index in [1.807, 2.05) is 0 Å². The Hall–Kier alpha value is -7.30. The molecule has 0 aliphatic rings. The molecule has 0 saturated carbocycles. The molecule has 0 fully saturated rings. The molecule has 2 heterocycles. The first-order valence-electron chi connectivity index (χ1n) is 18.2. The highest BCUT2D eigenvalue weighted by atomic mass is 14.8. The van der Waals surface area contributed by atoms with Gasteiger partial charge in [0.1, 0.15) is 0 Å². The molecular weight excluding hydrogens is 657 g/mol. The van der Waals surface area contributed by atoms with Gasteiger partial charge in [-0.2, -0.15) is 0 Å². The van der Waals surface area contributed by atoms with Crippen LogP contribution in [0.25, 0.3) is 110 Å². The van der Waals surface area contributed by atoms with Crippen molar-refractivity contribution in [2.24, 2.45) is 0 Å². The summed E-state index contributed by atoms with van der Waals surface area (Å²) in [5.74, 6) is 0. The van der Waals surface area contributed by atoms with Crippen LogP contribution in [-0.2, 0) is 0 Å². The van der Waals surface area contributed by atoms with E-state index in [1.54, 1.807) is 24.8 Å². The number of rotatable bonds is 4. The fourth-order valence-electron chi connectivity index (χ4n) is 8.26. The standard InChI is InChI=1S/C50H30N4/c1-3-16-43-39(14-1)41-20-18-37(29-45(41)49-47(43)51-22-24-53-49)35-12-6-10-33(27-35)31-8-5-9-32(26-31)34-11-7-13-36(28-34)38-19-21-42-40-15-2-4-17-44(40)48-50(46(42)30-38)54-25-23-52-48/h1-30H. The number of nitrogens with zero attached hydrogens (tertiary/aromatic N) is 4. The van der Waals surface area contributed by atoms with E-state index in [9.17, 15) is 0 Å². The Bertz CT molecular complexity index is 3010. The highest BCUT2D eigenvalue weighted by Crippen LogP contribution is 2.38. The molecule has 0 saturated heterocycles. The van der Waals surface area contributed by atoms with Crippen molar-refractivity contribution in [2.75, 3.05) is 0 Å². The van der Waals surface area contributed by atoms with Crippen molar-refractivity contribution in [1.82, 2.24) is 19.9 Å². The monoisotopic (exact) mass is 686 g/mol. The number of benzene rings is 9. The van der Waals surface area contributed by atoms with Gasteiger partial charge in [0, 0.05) is 46.3 Å². The van der Waals surface area contributed by atoms with Crippen LogP contribution in [0, 0.1) is 0 Å². The normalized spacial score (nSPS) is 11.7. The maximum atomic E-state index is 4.79. The Kier molecular flexibility index (Phi) is 6.82.